The van der Waals surface area contributed by atoms with Crippen molar-refractivity contribution in [3.05, 3.63) is 0 Å². The van der Waals surface area contributed by atoms with E-state index >= 15 is 0 Å². The Morgan fingerprint density at radius 2 is 1.65 bits per heavy atom. The van der Waals surface area contributed by atoms with Crippen LogP contribution in [0, 0.1) is 10.8 Å². The summed E-state index contributed by atoms with van der Waals surface area (Å²) in [5.74, 6) is 0. The van der Waals surface area contributed by atoms with Gasteiger partial charge in [0, 0.05) is 19.6 Å². The summed E-state index contributed by atoms with van der Waals surface area (Å²) in [7, 11) is 0. The Kier molecular flexibility index (Phi) is 4.82. The summed E-state index contributed by atoms with van der Waals surface area (Å²) < 4.78 is 0. The SMILES string of the molecule is CC(C)(C)CC(C)(C)CNC(=S)N1CCCC1. The Labute approximate surface area is 112 Å². The van der Waals surface area contributed by atoms with Gasteiger partial charge in [0.05, 0.1) is 0 Å². The van der Waals surface area contributed by atoms with Crippen LogP contribution in [0.5, 0.6) is 0 Å². The molecule has 1 fully saturated rings. The molecular formula is C14H28N2S. The fraction of sp³-hybridized carbons (Fsp3) is 0.929. The van der Waals surface area contributed by atoms with Crippen molar-refractivity contribution in [3.8, 4) is 0 Å². The molecule has 100 valence electrons. The van der Waals surface area contributed by atoms with Crippen LogP contribution in [-0.2, 0) is 0 Å². The fourth-order valence-electron chi connectivity index (χ4n) is 2.85. The highest BCUT2D eigenvalue weighted by molar-refractivity contribution is 7.80. The maximum Gasteiger partial charge on any atom is 0.168 e. The minimum Gasteiger partial charge on any atom is -0.362 e. The van der Waals surface area contributed by atoms with Crippen molar-refractivity contribution in [3.63, 3.8) is 0 Å². The van der Waals surface area contributed by atoms with Crippen LogP contribution in [0.3, 0.4) is 0 Å². The molecule has 3 heteroatoms. The number of thiocarbonyl (C=S) groups is 1. The summed E-state index contributed by atoms with van der Waals surface area (Å²) in [6, 6.07) is 0. The number of rotatable bonds is 3. The molecule has 0 bridgehead atoms. The van der Waals surface area contributed by atoms with E-state index in [9.17, 15) is 0 Å². The van der Waals surface area contributed by atoms with E-state index in [0.717, 1.165) is 24.7 Å². The summed E-state index contributed by atoms with van der Waals surface area (Å²) in [5.41, 5.74) is 0.669. The largest absolute Gasteiger partial charge is 0.362 e. The van der Waals surface area contributed by atoms with Gasteiger partial charge in [-0.3, -0.25) is 0 Å². The van der Waals surface area contributed by atoms with Gasteiger partial charge in [0.15, 0.2) is 5.11 Å². The second-order valence-corrected chi connectivity index (χ2v) is 7.64. The predicted octanol–water partition coefficient (Wildman–Crippen LogP) is 3.42. The van der Waals surface area contributed by atoms with E-state index in [-0.39, 0.29) is 0 Å². The summed E-state index contributed by atoms with van der Waals surface area (Å²) in [4.78, 5) is 2.29. The van der Waals surface area contributed by atoms with E-state index in [1.807, 2.05) is 0 Å². The zero-order valence-electron chi connectivity index (χ0n) is 12.1. The molecule has 0 unspecified atom stereocenters. The Bertz CT molecular complexity index is 260. The molecule has 0 saturated carbocycles. The second-order valence-electron chi connectivity index (χ2n) is 7.25. The molecule has 0 spiro atoms. The fourth-order valence-corrected chi connectivity index (χ4v) is 3.10. The minimum atomic E-state index is 0.294. The van der Waals surface area contributed by atoms with E-state index in [1.165, 1.54) is 19.3 Å². The van der Waals surface area contributed by atoms with Crippen LogP contribution in [0.1, 0.15) is 53.9 Å². The lowest BCUT2D eigenvalue weighted by Gasteiger charge is -2.33. The van der Waals surface area contributed by atoms with Crippen LogP contribution in [0.15, 0.2) is 0 Å². The molecule has 1 saturated heterocycles. The molecule has 1 aliphatic heterocycles. The molecule has 0 aromatic heterocycles. The maximum absolute atomic E-state index is 5.44. The van der Waals surface area contributed by atoms with Crippen molar-refractivity contribution in [2.24, 2.45) is 10.8 Å². The van der Waals surface area contributed by atoms with Crippen LogP contribution in [0.25, 0.3) is 0 Å². The molecule has 0 aromatic carbocycles. The third-order valence-electron chi connectivity index (χ3n) is 3.12. The monoisotopic (exact) mass is 256 g/mol. The van der Waals surface area contributed by atoms with E-state index in [4.69, 9.17) is 12.2 Å². The first-order valence-corrected chi connectivity index (χ1v) is 7.13. The van der Waals surface area contributed by atoms with Crippen molar-refractivity contribution in [1.82, 2.24) is 10.2 Å². The van der Waals surface area contributed by atoms with Crippen LogP contribution < -0.4 is 5.32 Å². The lowest BCUT2D eigenvalue weighted by molar-refractivity contribution is 0.212. The summed E-state index contributed by atoms with van der Waals surface area (Å²) in [5, 5.41) is 4.39. The normalized spacial score (nSPS) is 17.4. The molecule has 2 nitrogen and oxygen atoms in total. The van der Waals surface area contributed by atoms with E-state index in [0.29, 0.717) is 10.8 Å². The summed E-state index contributed by atoms with van der Waals surface area (Å²) in [6.07, 6.45) is 3.77. The first-order valence-electron chi connectivity index (χ1n) is 6.72. The van der Waals surface area contributed by atoms with Gasteiger partial charge in [0.2, 0.25) is 0 Å². The Hall–Kier alpha value is -0.310. The van der Waals surface area contributed by atoms with Crippen LogP contribution in [0.4, 0.5) is 0 Å². The summed E-state index contributed by atoms with van der Waals surface area (Å²) >= 11 is 5.44. The van der Waals surface area contributed by atoms with Crippen molar-refractivity contribution in [2.75, 3.05) is 19.6 Å². The molecule has 0 aromatic rings. The van der Waals surface area contributed by atoms with E-state index in [2.05, 4.69) is 44.8 Å². The molecule has 1 rings (SSSR count). The van der Waals surface area contributed by atoms with Crippen molar-refractivity contribution in [1.29, 1.82) is 0 Å². The van der Waals surface area contributed by atoms with Gasteiger partial charge >= 0.3 is 0 Å². The number of likely N-dealkylation sites (tertiary alicyclic amines) is 1. The highest BCUT2D eigenvalue weighted by atomic mass is 32.1. The maximum atomic E-state index is 5.44. The van der Waals surface area contributed by atoms with Gasteiger partial charge in [-0.15, -0.1) is 0 Å². The molecule has 1 aliphatic rings. The van der Waals surface area contributed by atoms with Crippen LogP contribution in [0.2, 0.25) is 0 Å². The lowest BCUT2D eigenvalue weighted by atomic mass is 9.76. The third-order valence-corrected chi connectivity index (χ3v) is 3.52. The number of nitrogens with one attached hydrogen (secondary N) is 1. The lowest BCUT2D eigenvalue weighted by Crippen LogP contribution is -2.42. The number of hydrogen-bond donors (Lipinski definition) is 1. The highest BCUT2D eigenvalue weighted by Gasteiger charge is 2.26. The molecule has 0 radical (unpaired) electrons. The Morgan fingerprint density at radius 3 is 2.12 bits per heavy atom. The third kappa shape index (κ3) is 5.71. The van der Waals surface area contributed by atoms with E-state index < -0.39 is 0 Å². The number of nitrogens with zero attached hydrogens (tertiary/aromatic N) is 1. The zero-order chi connectivity index (χ0) is 13.1. The Balaban J connectivity index is 2.35. The van der Waals surface area contributed by atoms with Gasteiger partial charge < -0.3 is 10.2 Å². The number of hydrogen-bond acceptors (Lipinski definition) is 1. The average Bonchev–Trinajstić information content (AvgIpc) is 2.63. The molecule has 0 atom stereocenters. The topological polar surface area (TPSA) is 15.3 Å². The van der Waals surface area contributed by atoms with Crippen molar-refractivity contribution in [2.45, 2.75) is 53.9 Å². The van der Waals surface area contributed by atoms with Gasteiger partial charge in [-0.25, -0.2) is 0 Å². The minimum absolute atomic E-state index is 0.294. The smallest absolute Gasteiger partial charge is 0.168 e. The van der Waals surface area contributed by atoms with E-state index in [1.54, 1.807) is 0 Å². The van der Waals surface area contributed by atoms with Gasteiger partial charge in [-0.2, -0.15) is 0 Å². The molecule has 0 amide bonds. The molecule has 1 N–H and O–H groups in total. The molecular weight excluding hydrogens is 228 g/mol. The standard InChI is InChI=1S/C14H28N2S/c1-13(2,3)10-14(4,5)11-15-12(17)16-8-6-7-9-16/h6-11H2,1-5H3,(H,15,17). The average molecular weight is 256 g/mol. The molecule has 1 heterocycles. The first kappa shape index (κ1) is 14.7. The van der Waals surface area contributed by atoms with Gasteiger partial charge in [0.1, 0.15) is 0 Å². The van der Waals surface area contributed by atoms with Crippen LogP contribution in [-0.4, -0.2) is 29.6 Å². The van der Waals surface area contributed by atoms with Gasteiger partial charge in [-0.1, -0.05) is 34.6 Å². The first-order chi connectivity index (χ1) is 7.70. The quantitative estimate of drug-likeness (QED) is 0.779. The molecule has 0 aliphatic carbocycles. The molecule has 17 heavy (non-hydrogen) atoms. The Morgan fingerprint density at radius 1 is 1.12 bits per heavy atom. The van der Waals surface area contributed by atoms with Crippen molar-refractivity contribution >= 4 is 17.3 Å². The summed E-state index contributed by atoms with van der Waals surface area (Å²) in [6.45, 7) is 14.8. The van der Waals surface area contributed by atoms with Gasteiger partial charge in [0.25, 0.3) is 0 Å². The van der Waals surface area contributed by atoms with Crippen LogP contribution >= 0.6 is 12.2 Å². The highest BCUT2D eigenvalue weighted by Crippen LogP contribution is 2.32. The van der Waals surface area contributed by atoms with Crippen molar-refractivity contribution < 1.29 is 0 Å². The predicted molar refractivity (Wildman–Crippen MR) is 79.3 cm³/mol. The van der Waals surface area contributed by atoms with Gasteiger partial charge in [-0.05, 0) is 42.3 Å². The zero-order valence-corrected chi connectivity index (χ0v) is 12.9. The second kappa shape index (κ2) is 5.55.